The molecule has 0 saturated heterocycles. The number of rotatable bonds is 3. The van der Waals surface area contributed by atoms with Gasteiger partial charge in [0, 0.05) is 25.0 Å². The van der Waals surface area contributed by atoms with E-state index in [2.05, 4.69) is 33.0 Å². The Balaban J connectivity index is 1.78. The van der Waals surface area contributed by atoms with Crippen molar-refractivity contribution in [2.24, 2.45) is 0 Å². The van der Waals surface area contributed by atoms with Gasteiger partial charge in [0.05, 0.1) is 28.5 Å². The minimum atomic E-state index is -0.986. The van der Waals surface area contributed by atoms with Crippen molar-refractivity contribution in [3.8, 4) is 5.69 Å². The number of hydrogen-bond donors (Lipinski definition) is 1. The van der Waals surface area contributed by atoms with E-state index in [9.17, 15) is 9.00 Å². The summed E-state index contributed by atoms with van der Waals surface area (Å²) in [5, 5.41) is 8.12. The average molecular weight is 498 g/mol. The molecule has 2 heterocycles. The smallest absolute Gasteiger partial charge is 0.257 e. The van der Waals surface area contributed by atoms with Gasteiger partial charge in [-0.3, -0.25) is 9.00 Å². The summed E-state index contributed by atoms with van der Waals surface area (Å²) in [4.78, 5) is 12.8. The van der Waals surface area contributed by atoms with Crippen LogP contribution in [-0.2, 0) is 22.3 Å². The van der Waals surface area contributed by atoms with Crippen LogP contribution in [0.5, 0.6) is 0 Å². The van der Waals surface area contributed by atoms with Crippen molar-refractivity contribution < 1.29 is 9.00 Å². The van der Waals surface area contributed by atoms with Crippen LogP contribution in [0.2, 0.25) is 5.02 Å². The van der Waals surface area contributed by atoms with Gasteiger partial charge in [0.1, 0.15) is 5.82 Å². The summed E-state index contributed by atoms with van der Waals surface area (Å²) < 4.78 is 14.5. The maximum absolute atomic E-state index is 12.8. The molecular weight excluding hydrogens is 485 g/mol. The zero-order valence-electron chi connectivity index (χ0n) is 13.4. The molecule has 1 aliphatic rings. The molecule has 5 nitrogen and oxygen atoms in total. The molecule has 0 saturated carbocycles. The predicted octanol–water partition coefficient (Wildman–Crippen LogP) is 4.14. The fraction of sp³-hybridized carbons (Fsp3) is 0.111. The molecule has 8 heteroatoms. The summed E-state index contributed by atoms with van der Waals surface area (Å²) in [5.41, 5.74) is 2.90. The maximum atomic E-state index is 12.8. The van der Waals surface area contributed by atoms with Crippen LogP contribution in [0.3, 0.4) is 0 Å². The summed E-state index contributed by atoms with van der Waals surface area (Å²) >= 11 is 8.24. The van der Waals surface area contributed by atoms with E-state index >= 15 is 0 Å². The Bertz CT molecular complexity index is 1050. The molecule has 0 aliphatic carbocycles. The molecule has 132 valence electrons. The van der Waals surface area contributed by atoms with Crippen LogP contribution in [-0.4, -0.2) is 19.9 Å². The van der Waals surface area contributed by atoms with Gasteiger partial charge in [-0.05, 0) is 52.9 Å². The standard InChI is InChI=1S/C18H13ClIN3O2S/c19-11-4-3-5-12(8-11)23-17(14-9-26(25)10-16(14)22-23)21-18(24)13-6-1-2-7-15(13)20/h1-8H,9-10H2,(H,21,24)/t26-/m1/s1. The summed E-state index contributed by atoms with van der Waals surface area (Å²) in [6, 6.07) is 14.6. The van der Waals surface area contributed by atoms with Crippen LogP contribution in [0.4, 0.5) is 5.82 Å². The molecule has 1 aromatic heterocycles. The van der Waals surface area contributed by atoms with Crippen LogP contribution in [0.1, 0.15) is 21.6 Å². The molecule has 0 fully saturated rings. The Kier molecular flexibility index (Phi) is 4.85. The first kappa shape index (κ1) is 17.7. The highest BCUT2D eigenvalue weighted by Crippen LogP contribution is 2.32. The molecule has 1 atom stereocenters. The van der Waals surface area contributed by atoms with E-state index in [0.29, 0.717) is 27.9 Å². The number of benzene rings is 2. The molecule has 26 heavy (non-hydrogen) atoms. The second kappa shape index (κ2) is 7.13. The number of nitrogens with zero attached hydrogens (tertiary/aromatic N) is 2. The molecule has 0 spiro atoms. The van der Waals surface area contributed by atoms with Crippen LogP contribution in [0, 0.1) is 3.57 Å². The van der Waals surface area contributed by atoms with Gasteiger partial charge in [-0.1, -0.05) is 29.8 Å². The Morgan fingerprint density at radius 1 is 1.19 bits per heavy atom. The lowest BCUT2D eigenvalue weighted by Gasteiger charge is -2.12. The number of anilines is 1. The van der Waals surface area contributed by atoms with E-state index in [1.54, 1.807) is 22.9 Å². The van der Waals surface area contributed by atoms with Crippen LogP contribution >= 0.6 is 34.2 Å². The van der Waals surface area contributed by atoms with Crippen molar-refractivity contribution in [1.82, 2.24) is 9.78 Å². The lowest BCUT2D eigenvalue weighted by Crippen LogP contribution is -2.17. The molecule has 1 aliphatic heterocycles. The molecule has 2 aromatic carbocycles. The number of fused-ring (bicyclic) bond motifs is 1. The predicted molar refractivity (Wildman–Crippen MR) is 111 cm³/mol. The summed E-state index contributed by atoms with van der Waals surface area (Å²) in [6.45, 7) is 0. The number of amides is 1. The first-order valence-electron chi connectivity index (χ1n) is 7.80. The fourth-order valence-electron chi connectivity index (χ4n) is 2.87. The van der Waals surface area contributed by atoms with E-state index in [0.717, 1.165) is 20.5 Å². The number of aromatic nitrogens is 2. The quantitative estimate of drug-likeness (QED) is 0.553. The van der Waals surface area contributed by atoms with Crippen LogP contribution in [0.15, 0.2) is 48.5 Å². The molecule has 4 rings (SSSR count). The summed E-state index contributed by atoms with van der Waals surface area (Å²) in [7, 11) is -0.986. The van der Waals surface area contributed by atoms with Crippen LogP contribution in [0.25, 0.3) is 5.69 Å². The van der Waals surface area contributed by atoms with E-state index in [1.165, 1.54) is 0 Å². The van der Waals surface area contributed by atoms with Crippen molar-refractivity contribution in [3.63, 3.8) is 0 Å². The number of carbonyl (C=O) groups is 1. The first-order chi connectivity index (χ1) is 12.5. The van der Waals surface area contributed by atoms with Crippen molar-refractivity contribution >= 4 is 56.7 Å². The lowest BCUT2D eigenvalue weighted by molar-refractivity contribution is 0.102. The van der Waals surface area contributed by atoms with Crippen molar-refractivity contribution in [2.45, 2.75) is 11.5 Å². The highest BCUT2D eigenvalue weighted by atomic mass is 127. The average Bonchev–Trinajstić information content (AvgIpc) is 3.12. The van der Waals surface area contributed by atoms with E-state index in [4.69, 9.17) is 11.6 Å². The normalized spacial score (nSPS) is 15.7. The highest BCUT2D eigenvalue weighted by molar-refractivity contribution is 14.1. The van der Waals surface area contributed by atoms with E-state index in [1.807, 2.05) is 30.3 Å². The van der Waals surface area contributed by atoms with E-state index in [-0.39, 0.29) is 5.91 Å². The number of hydrogen-bond acceptors (Lipinski definition) is 3. The Morgan fingerprint density at radius 2 is 2.00 bits per heavy atom. The number of carbonyl (C=O) groups excluding carboxylic acids is 1. The van der Waals surface area contributed by atoms with Gasteiger partial charge in [0.2, 0.25) is 0 Å². The largest absolute Gasteiger partial charge is 0.306 e. The van der Waals surface area contributed by atoms with Crippen molar-refractivity contribution in [2.75, 3.05) is 5.32 Å². The second-order valence-electron chi connectivity index (χ2n) is 5.83. The molecule has 1 amide bonds. The fourth-order valence-corrected chi connectivity index (χ4v) is 4.95. The summed E-state index contributed by atoms with van der Waals surface area (Å²) in [5.74, 6) is 1.11. The van der Waals surface area contributed by atoms with Gasteiger partial charge >= 0.3 is 0 Å². The molecule has 0 unspecified atom stereocenters. The molecule has 0 bridgehead atoms. The molecule has 1 N–H and O–H groups in total. The van der Waals surface area contributed by atoms with Gasteiger partial charge in [-0.25, -0.2) is 4.68 Å². The number of halogens is 2. The molecule has 3 aromatic rings. The minimum absolute atomic E-state index is 0.223. The van der Waals surface area contributed by atoms with E-state index < -0.39 is 10.8 Å². The van der Waals surface area contributed by atoms with Gasteiger partial charge < -0.3 is 5.32 Å². The minimum Gasteiger partial charge on any atom is -0.306 e. The SMILES string of the molecule is O=C(Nc1c2c(nn1-c1cccc(Cl)c1)C[S@](=O)C2)c1ccccc1I. The molecule has 0 radical (unpaired) electrons. The molecular formula is C18H13ClIN3O2S. The Hall–Kier alpha value is -1.71. The van der Waals surface area contributed by atoms with Gasteiger partial charge in [-0.15, -0.1) is 0 Å². The van der Waals surface area contributed by atoms with Gasteiger partial charge in [-0.2, -0.15) is 5.10 Å². The van der Waals surface area contributed by atoms with Gasteiger partial charge in [0.25, 0.3) is 5.91 Å². The third-order valence-electron chi connectivity index (χ3n) is 4.07. The zero-order valence-corrected chi connectivity index (χ0v) is 17.1. The third-order valence-corrected chi connectivity index (χ3v) is 6.45. The topological polar surface area (TPSA) is 64.0 Å². The lowest BCUT2D eigenvalue weighted by atomic mass is 10.2. The zero-order chi connectivity index (χ0) is 18.3. The van der Waals surface area contributed by atoms with Crippen molar-refractivity contribution in [3.05, 3.63) is 73.9 Å². The summed E-state index contributed by atoms with van der Waals surface area (Å²) in [6.07, 6.45) is 0. The monoisotopic (exact) mass is 497 g/mol. The maximum Gasteiger partial charge on any atom is 0.257 e. The highest BCUT2D eigenvalue weighted by Gasteiger charge is 2.28. The number of nitrogens with one attached hydrogen (secondary N) is 1. The van der Waals surface area contributed by atoms with Crippen LogP contribution < -0.4 is 5.32 Å². The Morgan fingerprint density at radius 3 is 2.77 bits per heavy atom. The first-order valence-corrected chi connectivity index (χ1v) is 10.7. The third kappa shape index (κ3) is 3.30. The Labute approximate surface area is 171 Å². The van der Waals surface area contributed by atoms with Crippen molar-refractivity contribution in [1.29, 1.82) is 0 Å². The second-order valence-corrected chi connectivity index (χ2v) is 8.88. The van der Waals surface area contributed by atoms with Gasteiger partial charge in [0.15, 0.2) is 0 Å².